The Morgan fingerprint density at radius 2 is 2.22 bits per heavy atom. The largest absolute Gasteiger partial charge is 0.443 e. The van der Waals surface area contributed by atoms with Crippen molar-refractivity contribution in [3.05, 3.63) is 38.3 Å². The van der Waals surface area contributed by atoms with E-state index in [1.807, 2.05) is 6.07 Å². The highest BCUT2D eigenvalue weighted by atomic mass is 127. The fourth-order valence-corrected chi connectivity index (χ4v) is 2.53. The number of benzene rings is 1. The highest BCUT2D eigenvalue weighted by molar-refractivity contribution is 14.1. The topological polar surface area (TPSA) is 38.1 Å². The van der Waals surface area contributed by atoms with Crippen molar-refractivity contribution in [2.24, 2.45) is 0 Å². The predicted octanol–water partition coefficient (Wildman–Crippen LogP) is 4.21. The van der Waals surface area contributed by atoms with Gasteiger partial charge < -0.3 is 9.73 Å². The van der Waals surface area contributed by atoms with Gasteiger partial charge in [-0.05, 0) is 40.8 Å². The maximum atomic E-state index is 5.54. The van der Waals surface area contributed by atoms with Crippen molar-refractivity contribution in [2.45, 2.75) is 26.4 Å². The lowest BCUT2D eigenvalue weighted by molar-refractivity contribution is 0.562. The van der Waals surface area contributed by atoms with Crippen LogP contribution in [0.2, 0.25) is 0 Å². The average Bonchev–Trinajstić information content (AvgIpc) is 2.77. The molecule has 2 aromatic rings. The van der Waals surface area contributed by atoms with Crippen LogP contribution in [0.4, 0.5) is 0 Å². The van der Waals surface area contributed by atoms with E-state index < -0.39 is 0 Å². The van der Waals surface area contributed by atoms with Gasteiger partial charge in [-0.15, -0.1) is 0 Å². The molecular formula is C13H14BrIN2O. The minimum atomic E-state index is 0.427. The number of aromatic nitrogens is 1. The summed E-state index contributed by atoms with van der Waals surface area (Å²) in [6.45, 7) is 4.94. The van der Waals surface area contributed by atoms with Crippen molar-refractivity contribution in [3.8, 4) is 11.3 Å². The van der Waals surface area contributed by atoms with Gasteiger partial charge in [0.05, 0.1) is 0 Å². The lowest BCUT2D eigenvalue weighted by Crippen LogP contribution is -2.22. The third-order valence-electron chi connectivity index (χ3n) is 2.49. The van der Waals surface area contributed by atoms with Crippen molar-refractivity contribution >= 4 is 38.5 Å². The fourth-order valence-electron chi connectivity index (χ4n) is 1.59. The quantitative estimate of drug-likeness (QED) is 0.753. The number of oxazole rings is 1. The molecule has 0 aliphatic heterocycles. The van der Waals surface area contributed by atoms with Gasteiger partial charge in [0, 0.05) is 26.2 Å². The molecule has 0 unspecified atom stereocenters. The van der Waals surface area contributed by atoms with Gasteiger partial charge in [-0.3, -0.25) is 0 Å². The van der Waals surface area contributed by atoms with E-state index in [9.17, 15) is 0 Å². The molecule has 0 aliphatic carbocycles. The molecule has 2 rings (SSSR count). The van der Waals surface area contributed by atoms with Crippen LogP contribution in [0.5, 0.6) is 0 Å². The van der Waals surface area contributed by atoms with Crippen LogP contribution in [0.15, 0.2) is 33.5 Å². The van der Waals surface area contributed by atoms with E-state index in [1.165, 1.54) is 6.39 Å². The normalized spacial score (nSPS) is 11.2. The van der Waals surface area contributed by atoms with Crippen LogP contribution in [0.3, 0.4) is 0 Å². The Labute approximate surface area is 129 Å². The van der Waals surface area contributed by atoms with Gasteiger partial charge in [0.25, 0.3) is 0 Å². The van der Waals surface area contributed by atoms with E-state index in [1.54, 1.807) is 0 Å². The maximum absolute atomic E-state index is 5.54. The molecule has 0 amide bonds. The minimum absolute atomic E-state index is 0.427. The van der Waals surface area contributed by atoms with Crippen LogP contribution in [0, 0.1) is 3.57 Å². The Morgan fingerprint density at radius 1 is 1.44 bits per heavy atom. The molecule has 96 valence electrons. The first-order chi connectivity index (χ1) is 8.58. The van der Waals surface area contributed by atoms with Crippen LogP contribution in [0.25, 0.3) is 11.3 Å². The molecule has 0 atom stereocenters. The Hall–Kier alpha value is -0.400. The number of nitrogens with one attached hydrogen (secondary N) is 1. The van der Waals surface area contributed by atoms with Crippen molar-refractivity contribution in [1.29, 1.82) is 0 Å². The summed E-state index contributed by atoms with van der Waals surface area (Å²) in [5, 5.41) is 3.36. The van der Waals surface area contributed by atoms with Gasteiger partial charge >= 0.3 is 0 Å². The minimum Gasteiger partial charge on any atom is -0.443 e. The van der Waals surface area contributed by atoms with Crippen LogP contribution in [-0.4, -0.2) is 11.0 Å². The summed E-state index contributed by atoms with van der Waals surface area (Å²) in [6, 6.07) is 6.56. The first kappa shape index (κ1) is 14.0. The van der Waals surface area contributed by atoms with E-state index >= 15 is 0 Å². The molecule has 5 heteroatoms. The summed E-state index contributed by atoms with van der Waals surface area (Å²) in [5.41, 5.74) is 2.02. The Morgan fingerprint density at radius 3 is 2.94 bits per heavy atom. The Balaban J connectivity index is 2.33. The van der Waals surface area contributed by atoms with Crippen molar-refractivity contribution in [2.75, 3.05) is 0 Å². The number of nitrogens with zero attached hydrogens (tertiary/aromatic N) is 1. The maximum Gasteiger partial charge on any atom is 0.181 e. The second-order valence-corrected chi connectivity index (χ2v) is 6.37. The van der Waals surface area contributed by atoms with Crippen LogP contribution < -0.4 is 5.32 Å². The standard InChI is InChI=1S/C13H14BrIN2O/c1-8(2)16-6-12-13(18-7-17-12)10-5-9(14)3-4-11(10)15/h3-5,7-8,16H,6H2,1-2H3. The highest BCUT2D eigenvalue weighted by Gasteiger charge is 2.14. The Bertz CT molecular complexity index is 540. The summed E-state index contributed by atoms with van der Waals surface area (Å²) in [6.07, 6.45) is 1.50. The number of hydrogen-bond acceptors (Lipinski definition) is 3. The number of hydrogen-bond donors (Lipinski definition) is 1. The molecule has 0 aliphatic rings. The molecule has 18 heavy (non-hydrogen) atoms. The first-order valence-electron chi connectivity index (χ1n) is 5.69. The van der Waals surface area contributed by atoms with Gasteiger partial charge in [-0.1, -0.05) is 29.8 Å². The third-order valence-corrected chi connectivity index (χ3v) is 3.93. The van der Waals surface area contributed by atoms with Crippen LogP contribution in [0.1, 0.15) is 19.5 Å². The lowest BCUT2D eigenvalue weighted by atomic mass is 10.1. The van der Waals surface area contributed by atoms with Gasteiger partial charge in [-0.25, -0.2) is 4.98 Å². The van der Waals surface area contributed by atoms with Crippen LogP contribution in [-0.2, 0) is 6.54 Å². The van der Waals surface area contributed by atoms with Gasteiger partial charge in [0.2, 0.25) is 0 Å². The number of halogens is 2. The first-order valence-corrected chi connectivity index (χ1v) is 7.56. The molecular weight excluding hydrogens is 407 g/mol. The summed E-state index contributed by atoms with van der Waals surface area (Å²) in [5.74, 6) is 0.842. The second-order valence-electron chi connectivity index (χ2n) is 4.29. The molecule has 1 N–H and O–H groups in total. The van der Waals surface area contributed by atoms with Crippen molar-refractivity contribution < 1.29 is 4.42 Å². The molecule has 1 heterocycles. The molecule has 1 aromatic carbocycles. The summed E-state index contributed by atoms with van der Waals surface area (Å²) in [7, 11) is 0. The molecule has 1 aromatic heterocycles. The molecule has 0 bridgehead atoms. The SMILES string of the molecule is CC(C)NCc1ncoc1-c1cc(Br)ccc1I. The third kappa shape index (κ3) is 3.33. The summed E-state index contributed by atoms with van der Waals surface area (Å²) < 4.78 is 7.73. The molecule has 0 radical (unpaired) electrons. The van der Waals surface area contributed by atoms with E-state index in [-0.39, 0.29) is 0 Å². The average molecular weight is 421 g/mol. The second kappa shape index (κ2) is 6.16. The van der Waals surface area contributed by atoms with Crippen LogP contribution >= 0.6 is 38.5 Å². The molecule has 0 saturated heterocycles. The fraction of sp³-hybridized carbons (Fsp3) is 0.308. The van der Waals surface area contributed by atoms with E-state index in [0.717, 1.165) is 25.1 Å². The molecule has 3 nitrogen and oxygen atoms in total. The molecule has 0 spiro atoms. The zero-order valence-corrected chi connectivity index (χ0v) is 13.9. The molecule has 0 fully saturated rings. The summed E-state index contributed by atoms with van der Waals surface area (Å²) >= 11 is 5.80. The van der Waals surface area contributed by atoms with E-state index in [2.05, 4.69) is 74.8 Å². The van der Waals surface area contributed by atoms with Crippen molar-refractivity contribution in [3.63, 3.8) is 0 Å². The zero-order chi connectivity index (χ0) is 13.1. The zero-order valence-electron chi connectivity index (χ0n) is 10.2. The lowest BCUT2D eigenvalue weighted by Gasteiger charge is -2.08. The summed E-state index contributed by atoms with van der Waals surface area (Å²) in [4.78, 5) is 4.29. The predicted molar refractivity (Wildman–Crippen MR) is 84.3 cm³/mol. The molecule has 0 saturated carbocycles. The Kier molecular flexibility index (Phi) is 4.80. The van der Waals surface area contributed by atoms with E-state index in [0.29, 0.717) is 12.6 Å². The smallest absolute Gasteiger partial charge is 0.181 e. The van der Waals surface area contributed by atoms with Gasteiger partial charge in [0.15, 0.2) is 12.2 Å². The van der Waals surface area contributed by atoms with E-state index in [4.69, 9.17) is 4.42 Å². The van der Waals surface area contributed by atoms with Gasteiger partial charge in [-0.2, -0.15) is 0 Å². The number of rotatable bonds is 4. The highest BCUT2D eigenvalue weighted by Crippen LogP contribution is 2.30. The van der Waals surface area contributed by atoms with Crippen molar-refractivity contribution in [1.82, 2.24) is 10.3 Å². The monoisotopic (exact) mass is 420 g/mol. The van der Waals surface area contributed by atoms with Gasteiger partial charge in [0.1, 0.15) is 5.69 Å².